The van der Waals surface area contributed by atoms with Crippen LogP contribution in [0.1, 0.15) is 41.6 Å². The summed E-state index contributed by atoms with van der Waals surface area (Å²) in [6.45, 7) is 0.876. The molecule has 2 rings (SSSR count). The van der Waals surface area contributed by atoms with E-state index in [0.717, 1.165) is 25.0 Å². The lowest BCUT2D eigenvalue weighted by Crippen LogP contribution is -2.40. The molecular weight excluding hydrogens is 311 g/mol. The summed E-state index contributed by atoms with van der Waals surface area (Å²) in [5.41, 5.74) is -0.832. The van der Waals surface area contributed by atoms with Gasteiger partial charge in [0, 0.05) is 25.1 Å². The van der Waals surface area contributed by atoms with Crippen LogP contribution in [0, 0.1) is 5.92 Å². The Morgan fingerprint density at radius 1 is 1.30 bits per heavy atom. The van der Waals surface area contributed by atoms with Crippen LogP contribution in [0.4, 0.5) is 13.2 Å². The SMILES string of the molecule is O=C(O)CC[C@H]1CCCN(C(=O)c2cccc(C(F)(F)F)c2)C1. The molecule has 0 bridgehead atoms. The topological polar surface area (TPSA) is 57.6 Å². The van der Waals surface area contributed by atoms with Gasteiger partial charge in [-0.15, -0.1) is 0 Å². The first-order valence-electron chi connectivity index (χ1n) is 7.45. The van der Waals surface area contributed by atoms with Crippen LogP contribution in [-0.4, -0.2) is 35.0 Å². The smallest absolute Gasteiger partial charge is 0.416 e. The van der Waals surface area contributed by atoms with E-state index in [-0.39, 0.29) is 17.9 Å². The molecule has 0 aromatic heterocycles. The van der Waals surface area contributed by atoms with E-state index < -0.39 is 23.6 Å². The van der Waals surface area contributed by atoms with Crippen LogP contribution >= 0.6 is 0 Å². The van der Waals surface area contributed by atoms with Crippen molar-refractivity contribution in [2.45, 2.75) is 31.9 Å². The van der Waals surface area contributed by atoms with Gasteiger partial charge in [-0.2, -0.15) is 13.2 Å². The first-order chi connectivity index (χ1) is 10.8. The molecule has 1 amide bonds. The van der Waals surface area contributed by atoms with Crippen molar-refractivity contribution in [2.75, 3.05) is 13.1 Å². The Labute approximate surface area is 131 Å². The molecule has 0 aliphatic carbocycles. The number of benzene rings is 1. The van der Waals surface area contributed by atoms with Gasteiger partial charge in [0.2, 0.25) is 0 Å². The van der Waals surface area contributed by atoms with Gasteiger partial charge in [0.1, 0.15) is 0 Å². The molecule has 1 aromatic rings. The molecule has 1 aliphatic rings. The molecular formula is C16H18F3NO3. The molecule has 1 aromatic carbocycles. The number of hydrogen-bond donors (Lipinski definition) is 1. The second kappa shape index (κ2) is 7.02. The zero-order chi connectivity index (χ0) is 17.0. The lowest BCUT2D eigenvalue weighted by atomic mass is 9.93. The Morgan fingerprint density at radius 2 is 2.04 bits per heavy atom. The van der Waals surface area contributed by atoms with E-state index in [9.17, 15) is 22.8 Å². The van der Waals surface area contributed by atoms with E-state index in [1.165, 1.54) is 17.0 Å². The van der Waals surface area contributed by atoms with E-state index in [2.05, 4.69) is 0 Å². The Balaban J connectivity index is 2.06. The third-order valence-corrected chi connectivity index (χ3v) is 4.01. The van der Waals surface area contributed by atoms with Crippen molar-refractivity contribution in [2.24, 2.45) is 5.92 Å². The van der Waals surface area contributed by atoms with E-state index >= 15 is 0 Å². The van der Waals surface area contributed by atoms with Gasteiger partial charge in [-0.3, -0.25) is 9.59 Å². The van der Waals surface area contributed by atoms with Crippen LogP contribution in [0.15, 0.2) is 24.3 Å². The maximum atomic E-state index is 12.7. The average Bonchev–Trinajstić information content (AvgIpc) is 2.52. The van der Waals surface area contributed by atoms with Crippen LogP contribution in [0.2, 0.25) is 0 Å². The quantitative estimate of drug-likeness (QED) is 0.921. The lowest BCUT2D eigenvalue weighted by molar-refractivity contribution is -0.138. The number of aliphatic carboxylic acids is 1. The number of carboxylic acid groups (broad SMARTS) is 1. The van der Waals surface area contributed by atoms with Gasteiger partial charge in [0.25, 0.3) is 5.91 Å². The number of likely N-dealkylation sites (tertiary alicyclic amines) is 1. The van der Waals surface area contributed by atoms with Gasteiger partial charge in [-0.05, 0) is 43.4 Å². The molecule has 126 valence electrons. The zero-order valence-corrected chi connectivity index (χ0v) is 12.5. The van der Waals surface area contributed by atoms with Crippen LogP contribution in [-0.2, 0) is 11.0 Å². The summed E-state index contributed by atoms with van der Waals surface area (Å²) in [5.74, 6) is -1.24. The maximum absolute atomic E-state index is 12.7. The van der Waals surface area contributed by atoms with Crippen molar-refractivity contribution >= 4 is 11.9 Å². The van der Waals surface area contributed by atoms with Crippen LogP contribution in [0.25, 0.3) is 0 Å². The fraction of sp³-hybridized carbons (Fsp3) is 0.500. The summed E-state index contributed by atoms with van der Waals surface area (Å²) in [6.07, 6.45) is -2.41. The second-order valence-corrected chi connectivity index (χ2v) is 5.77. The molecule has 7 heteroatoms. The number of piperidine rings is 1. The number of amides is 1. The van der Waals surface area contributed by atoms with Crippen LogP contribution in [0.3, 0.4) is 0 Å². The Bertz CT molecular complexity index is 586. The summed E-state index contributed by atoms with van der Waals surface area (Å²) >= 11 is 0. The minimum absolute atomic E-state index is 0.0127. The van der Waals surface area contributed by atoms with Gasteiger partial charge in [-0.1, -0.05) is 6.07 Å². The number of carbonyl (C=O) groups excluding carboxylic acids is 1. The van der Waals surface area contributed by atoms with Crippen molar-refractivity contribution in [1.82, 2.24) is 4.90 Å². The highest BCUT2D eigenvalue weighted by Crippen LogP contribution is 2.30. The monoisotopic (exact) mass is 329 g/mol. The molecule has 1 saturated heterocycles. The molecule has 1 aliphatic heterocycles. The van der Waals surface area contributed by atoms with E-state index in [0.29, 0.717) is 19.5 Å². The van der Waals surface area contributed by atoms with Crippen molar-refractivity contribution in [3.8, 4) is 0 Å². The van der Waals surface area contributed by atoms with Gasteiger partial charge in [0.15, 0.2) is 0 Å². The predicted molar refractivity (Wildman–Crippen MR) is 76.9 cm³/mol. The summed E-state index contributed by atoms with van der Waals surface area (Å²) in [5, 5.41) is 8.72. The molecule has 1 fully saturated rings. The predicted octanol–water partition coefficient (Wildman–Crippen LogP) is 3.42. The highest BCUT2D eigenvalue weighted by Gasteiger charge is 2.32. The van der Waals surface area contributed by atoms with E-state index in [4.69, 9.17) is 5.11 Å². The molecule has 23 heavy (non-hydrogen) atoms. The first-order valence-corrected chi connectivity index (χ1v) is 7.45. The van der Waals surface area contributed by atoms with Crippen molar-refractivity contribution in [3.63, 3.8) is 0 Å². The highest BCUT2D eigenvalue weighted by atomic mass is 19.4. The Hall–Kier alpha value is -2.05. The molecule has 4 nitrogen and oxygen atoms in total. The van der Waals surface area contributed by atoms with E-state index in [1.54, 1.807) is 0 Å². The average molecular weight is 329 g/mol. The van der Waals surface area contributed by atoms with Gasteiger partial charge in [0.05, 0.1) is 5.56 Å². The molecule has 1 N–H and O–H groups in total. The fourth-order valence-electron chi connectivity index (χ4n) is 2.82. The molecule has 0 saturated carbocycles. The van der Waals surface area contributed by atoms with Gasteiger partial charge >= 0.3 is 12.1 Å². The number of halogens is 3. The molecule has 1 atom stereocenters. The Morgan fingerprint density at radius 3 is 2.70 bits per heavy atom. The van der Waals surface area contributed by atoms with Gasteiger partial charge in [-0.25, -0.2) is 0 Å². The number of rotatable bonds is 4. The Kier molecular flexibility index (Phi) is 5.28. The largest absolute Gasteiger partial charge is 0.481 e. The second-order valence-electron chi connectivity index (χ2n) is 5.77. The summed E-state index contributed by atoms with van der Waals surface area (Å²) in [7, 11) is 0. The minimum atomic E-state index is -4.48. The van der Waals surface area contributed by atoms with Gasteiger partial charge < -0.3 is 10.0 Å². The maximum Gasteiger partial charge on any atom is 0.416 e. The van der Waals surface area contributed by atoms with Crippen molar-refractivity contribution < 1.29 is 27.9 Å². The van der Waals surface area contributed by atoms with Crippen LogP contribution in [0.5, 0.6) is 0 Å². The normalized spacial score (nSPS) is 18.7. The molecule has 0 unspecified atom stereocenters. The first kappa shape index (κ1) is 17.3. The van der Waals surface area contributed by atoms with Crippen LogP contribution < -0.4 is 0 Å². The molecule has 0 radical (unpaired) electrons. The standard InChI is InChI=1S/C16H18F3NO3/c17-16(18,19)13-5-1-4-12(9-13)15(23)20-8-2-3-11(10-20)6-7-14(21)22/h1,4-5,9,11H,2-3,6-8,10H2,(H,21,22)/t11-/m1/s1. The minimum Gasteiger partial charge on any atom is -0.481 e. The number of alkyl halides is 3. The third kappa shape index (κ3) is 4.71. The highest BCUT2D eigenvalue weighted by molar-refractivity contribution is 5.94. The van der Waals surface area contributed by atoms with Crippen molar-refractivity contribution in [3.05, 3.63) is 35.4 Å². The third-order valence-electron chi connectivity index (χ3n) is 4.01. The fourth-order valence-corrected chi connectivity index (χ4v) is 2.82. The molecule has 1 heterocycles. The van der Waals surface area contributed by atoms with Crippen molar-refractivity contribution in [1.29, 1.82) is 0 Å². The zero-order valence-electron chi connectivity index (χ0n) is 12.5. The number of carboxylic acids is 1. The summed E-state index contributed by atoms with van der Waals surface area (Å²) in [4.78, 5) is 24.5. The number of carbonyl (C=O) groups is 2. The lowest BCUT2D eigenvalue weighted by Gasteiger charge is -2.32. The molecule has 0 spiro atoms. The number of hydrogen-bond acceptors (Lipinski definition) is 2. The summed E-state index contributed by atoms with van der Waals surface area (Å²) < 4.78 is 38.2. The number of nitrogens with zero attached hydrogens (tertiary/aromatic N) is 1. The van der Waals surface area contributed by atoms with E-state index in [1.807, 2.05) is 0 Å². The summed E-state index contributed by atoms with van der Waals surface area (Å²) in [6, 6.07) is 4.40.